The lowest BCUT2D eigenvalue weighted by molar-refractivity contribution is -0.131. The van der Waals surface area contributed by atoms with Gasteiger partial charge in [-0.2, -0.15) is 11.8 Å². The first-order chi connectivity index (χ1) is 8.57. The SMILES string of the molecule is O=C(CC1CSCCN1)N1CCCS(=O)(=O)CC1. The van der Waals surface area contributed by atoms with Crippen molar-refractivity contribution in [3.05, 3.63) is 0 Å². The zero-order chi connectivity index (χ0) is 13.0. The van der Waals surface area contributed by atoms with Gasteiger partial charge in [-0.15, -0.1) is 0 Å². The molecule has 1 atom stereocenters. The first-order valence-electron chi connectivity index (χ1n) is 6.36. The van der Waals surface area contributed by atoms with Gasteiger partial charge in [0.1, 0.15) is 0 Å². The standard InChI is InChI=1S/C11H20N2O3S2/c14-11(8-10-9-17-5-2-12-10)13-3-1-6-18(15,16)7-4-13/h10,12H,1-9H2. The Bertz CT molecular complexity index is 391. The van der Waals surface area contributed by atoms with Crippen LogP contribution in [0.2, 0.25) is 0 Å². The van der Waals surface area contributed by atoms with Gasteiger partial charge < -0.3 is 10.2 Å². The third-order valence-corrected chi connectivity index (χ3v) is 6.17. The number of carbonyl (C=O) groups excluding carboxylic acids is 1. The first kappa shape index (κ1) is 14.1. The minimum atomic E-state index is -2.93. The molecule has 2 aliphatic rings. The number of hydrogen-bond acceptors (Lipinski definition) is 5. The molecule has 1 N–H and O–H groups in total. The first-order valence-corrected chi connectivity index (χ1v) is 9.34. The molecule has 1 amide bonds. The van der Waals surface area contributed by atoms with Crippen molar-refractivity contribution >= 4 is 27.5 Å². The topological polar surface area (TPSA) is 66.5 Å². The minimum absolute atomic E-state index is 0.0899. The van der Waals surface area contributed by atoms with Crippen molar-refractivity contribution in [2.45, 2.75) is 18.9 Å². The average molecular weight is 292 g/mol. The van der Waals surface area contributed by atoms with E-state index in [2.05, 4.69) is 5.32 Å². The van der Waals surface area contributed by atoms with Crippen LogP contribution in [0, 0.1) is 0 Å². The van der Waals surface area contributed by atoms with E-state index in [1.165, 1.54) is 0 Å². The Balaban J connectivity index is 1.84. The minimum Gasteiger partial charge on any atom is -0.342 e. The maximum Gasteiger partial charge on any atom is 0.224 e. The number of amides is 1. The van der Waals surface area contributed by atoms with Crippen molar-refractivity contribution in [2.75, 3.05) is 42.6 Å². The molecular weight excluding hydrogens is 272 g/mol. The Morgan fingerprint density at radius 3 is 2.89 bits per heavy atom. The summed E-state index contributed by atoms with van der Waals surface area (Å²) in [6, 6.07) is 0.246. The van der Waals surface area contributed by atoms with Gasteiger partial charge in [-0.05, 0) is 6.42 Å². The Morgan fingerprint density at radius 1 is 1.33 bits per heavy atom. The van der Waals surface area contributed by atoms with Gasteiger partial charge in [0.15, 0.2) is 9.84 Å². The molecule has 0 bridgehead atoms. The fourth-order valence-corrected chi connectivity index (χ4v) is 4.50. The molecule has 0 saturated carbocycles. The monoisotopic (exact) mass is 292 g/mol. The lowest BCUT2D eigenvalue weighted by Gasteiger charge is -2.26. The molecule has 2 fully saturated rings. The van der Waals surface area contributed by atoms with Crippen LogP contribution in [0.15, 0.2) is 0 Å². The van der Waals surface area contributed by atoms with Gasteiger partial charge in [-0.3, -0.25) is 4.79 Å². The number of nitrogens with zero attached hydrogens (tertiary/aromatic N) is 1. The molecule has 7 heteroatoms. The van der Waals surface area contributed by atoms with Crippen molar-refractivity contribution < 1.29 is 13.2 Å². The van der Waals surface area contributed by atoms with E-state index in [-0.39, 0.29) is 23.5 Å². The van der Waals surface area contributed by atoms with Gasteiger partial charge >= 0.3 is 0 Å². The fourth-order valence-electron chi connectivity index (χ4n) is 2.28. The second kappa shape index (κ2) is 6.25. The van der Waals surface area contributed by atoms with Crippen LogP contribution in [0.4, 0.5) is 0 Å². The molecular formula is C11H20N2O3S2. The Labute approximate surface area is 113 Å². The molecule has 2 saturated heterocycles. The highest BCUT2D eigenvalue weighted by molar-refractivity contribution is 7.99. The van der Waals surface area contributed by atoms with Gasteiger partial charge in [0.05, 0.1) is 11.5 Å². The van der Waals surface area contributed by atoms with Gasteiger partial charge in [-0.25, -0.2) is 8.42 Å². The predicted octanol–water partition coefficient (Wildman–Crippen LogP) is -0.271. The predicted molar refractivity (Wildman–Crippen MR) is 73.6 cm³/mol. The van der Waals surface area contributed by atoms with Crippen LogP contribution in [0.25, 0.3) is 0 Å². The number of hydrogen-bond donors (Lipinski definition) is 1. The second-order valence-electron chi connectivity index (χ2n) is 4.82. The smallest absolute Gasteiger partial charge is 0.224 e. The summed E-state index contributed by atoms with van der Waals surface area (Å²) in [6.45, 7) is 1.90. The van der Waals surface area contributed by atoms with Crippen LogP contribution in [-0.2, 0) is 14.6 Å². The van der Waals surface area contributed by atoms with E-state index in [0.29, 0.717) is 25.9 Å². The second-order valence-corrected chi connectivity index (χ2v) is 8.27. The molecule has 2 heterocycles. The summed E-state index contributed by atoms with van der Waals surface area (Å²) in [5.41, 5.74) is 0. The largest absolute Gasteiger partial charge is 0.342 e. The number of rotatable bonds is 2. The summed E-state index contributed by atoms with van der Waals surface area (Å²) >= 11 is 1.87. The highest BCUT2D eigenvalue weighted by Gasteiger charge is 2.25. The van der Waals surface area contributed by atoms with Crippen LogP contribution < -0.4 is 5.32 Å². The lowest BCUT2D eigenvalue weighted by Crippen LogP contribution is -2.43. The highest BCUT2D eigenvalue weighted by atomic mass is 32.2. The number of sulfone groups is 1. The number of carbonyl (C=O) groups is 1. The van der Waals surface area contributed by atoms with E-state index in [1.807, 2.05) is 11.8 Å². The maximum absolute atomic E-state index is 12.1. The summed E-state index contributed by atoms with van der Waals surface area (Å²) in [5, 5.41) is 3.33. The molecule has 1 unspecified atom stereocenters. The molecule has 0 radical (unpaired) electrons. The van der Waals surface area contributed by atoms with Crippen LogP contribution in [0.1, 0.15) is 12.8 Å². The van der Waals surface area contributed by atoms with E-state index in [9.17, 15) is 13.2 Å². The summed E-state index contributed by atoms with van der Waals surface area (Å²) in [4.78, 5) is 13.8. The highest BCUT2D eigenvalue weighted by Crippen LogP contribution is 2.13. The fraction of sp³-hybridized carbons (Fsp3) is 0.909. The molecule has 0 aromatic carbocycles. The Kier molecular flexibility index (Phi) is 4.91. The number of nitrogens with one attached hydrogen (secondary N) is 1. The summed E-state index contributed by atoms with van der Waals surface area (Å²) in [5.74, 6) is 2.50. The van der Waals surface area contributed by atoms with Crippen LogP contribution in [0.5, 0.6) is 0 Å². The third kappa shape index (κ3) is 4.13. The molecule has 0 spiro atoms. The molecule has 2 aliphatic heterocycles. The van der Waals surface area contributed by atoms with Crippen molar-refractivity contribution in [3.8, 4) is 0 Å². The van der Waals surface area contributed by atoms with Crippen LogP contribution in [-0.4, -0.2) is 67.9 Å². The summed E-state index contributed by atoms with van der Waals surface area (Å²) < 4.78 is 23.0. The van der Waals surface area contributed by atoms with Crippen molar-refractivity contribution in [1.29, 1.82) is 0 Å². The van der Waals surface area contributed by atoms with Crippen LogP contribution >= 0.6 is 11.8 Å². The van der Waals surface area contributed by atoms with E-state index in [4.69, 9.17) is 0 Å². The van der Waals surface area contributed by atoms with E-state index in [0.717, 1.165) is 18.1 Å². The molecule has 0 aromatic rings. The molecule has 18 heavy (non-hydrogen) atoms. The zero-order valence-electron chi connectivity index (χ0n) is 10.4. The molecule has 0 aromatic heterocycles. The Morgan fingerprint density at radius 2 is 2.17 bits per heavy atom. The van der Waals surface area contributed by atoms with Crippen molar-refractivity contribution in [1.82, 2.24) is 10.2 Å². The lowest BCUT2D eigenvalue weighted by atomic mass is 10.2. The molecule has 2 rings (SSSR count). The summed E-state index contributed by atoms with van der Waals surface area (Å²) in [6.07, 6.45) is 1.06. The molecule has 104 valence electrons. The number of thioether (sulfide) groups is 1. The average Bonchev–Trinajstić information content (AvgIpc) is 2.51. The van der Waals surface area contributed by atoms with E-state index >= 15 is 0 Å². The molecule has 0 aliphatic carbocycles. The Hall–Kier alpha value is -0.270. The van der Waals surface area contributed by atoms with E-state index in [1.54, 1.807) is 4.90 Å². The van der Waals surface area contributed by atoms with Gasteiger partial charge in [0.25, 0.3) is 0 Å². The quantitative estimate of drug-likeness (QED) is 0.759. The maximum atomic E-state index is 12.1. The van der Waals surface area contributed by atoms with Crippen LogP contribution in [0.3, 0.4) is 0 Å². The molecule has 5 nitrogen and oxygen atoms in total. The van der Waals surface area contributed by atoms with Gasteiger partial charge in [-0.1, -0.05) is 0 Å². The van der Waals surface area contributed by atoms with E-state index < -0.39 is 9.84 Å². The third-order valence-electron chi connectivity index (χ3n) is 3.33. The van der Waals surface area contributed by atoms with Gasteiger partial charge in [0.2, 0.25) is 5.91 Å². The van der Waals surface area contributed by atoms with Crippen molar-refractivity contribution in [2.24, 2.45) is 0 Å². The summed E-state index contributed by atoms with van der Waals surface area (Å²) in [7, 11) is -2.93. The zero-order valence-corrected chi connectivity index (χ0v) is 12.1. The van der Waals surface area contributed by atoms with Gasteiger partial charge in [0, 0.05) is 43.6 Å². The van der Waals surface area contributed by atoms with Crippen molar-refractivity contribution in [3.63, 3.8) is 0 Å². The normalized spacial score (nSPS) is 28.7.